The Labute approximate surface area is 254 Å². The molecule has 0 aliphatic rings. The molecular formula is C31H30F6N2O6. The predicted molar refractivity (Wildman–Crippen MR) is 153 cm³/mol. The first-order valence-electron chi connectivity index (χ1n) is 13.6. The molecule has 0 amide bonds. The molecule has 4 N–H and O–H groups in total. The Kier molecular flexibility index (Phi) is 12.1. The second-order valence-electron chi connectivity index (χ2n) is 9.63. The first-order valence-corrected chi connectivity index (χ1v) is 13.6. The maximum atomic E-state index is 14.6. The molecule has 0 aliphatic carbocycles. The normalized spacial score (nSPS) is 11.8. The molecule has 3 aromatic carbocycles. The quantitative estimate of drug-likeness (QED) is 0.0597. The van der Waals surface area contributed by atoms with E-state index in [1.165, 1.54) is 48.5 Å². The zero-order valence-corrected chi connectivity index (χ0v) is 23.7. The number of hydrogen-bond acceptors (Lipinski definition) is 8. The van der Waals surface area contributed by atoms with Gasteiger partial charge in [0.25, 0.3) is 0 Å². The third kappa shape index (κ3) is 12.0. The number of ether oxygens (including phenoxy) is 4. The maximum Gasteiger partial charge on any atom is 0.426 e. The Morgan fingerprint density at radius 2 is 1.42 bits per heavy atom. The van der Waals surface area contributed by atoms with Gasteiger partial charge in [0.1, 0.15) is 5.75 Å². The summed E-state index contributed by atoms with van der Waals surface area (Å²) in [6, 6.07) is 11.8. The van der Waals surface area contributed by atoms with Gasteiger partial charge >= 0.3 is 24.2 Å². The van der Waals surface area contributed by atoms with Crippen LogP contribution < -0.4 is 20.9 Å². The molecule has 0 spiro atoms. The van der Waals surface area contributed by atoms with E-state index in [2.05, 4.69) is 0 Å². The standard InChI is InChI=1S/C31H30F6N2O6/c32-26-18-22(7-10-27(26)42-15-3-12-30(33,34)35)31(36,37)45-25-8-4-20(5-9-25)6-11-28(40)43-13-1-2-14-44-29(41)21-16-23(38)19-24(39)17-21/h4-11,16-19H,1-3,12-15,38-39H2. The third-order valence-electron chi connectivity index (χ3n) is 5.90. The van der Waals surface area contributed by atoms with Crippen LogP contribution in [0.15, 0.2) is 66.7 Å². The van der Waals surface area contributed by atoms with E-state index in [4.69, 9.17) is 30.4 Å². The number of anilines is 2. The molecule has 0 aromatic heterocycles. The summed E-state index contributed by atoms with van der Waals surface area (Å²) < 4.78 is 99.9. The van der Waals surface area contributed by atoms with E-state index in [0.29, 0.717) is 35.8 Å². The number of nitrogens with two attached hydrogens (primary N) is 2. The minimum absolute atomic E-state index is 0.0690. The van der Waals surface area contributed by atoms with Crippen molar-refractivity contribution in [3.05, 3.63) is 89.2 Å². The number of nitrogen functional groups attached to an aromatic ring is 2. The van der Waals surface area contributed by atoms with Crippen LogP contribution in [0.4, 0.5) is 37.7 Å². The summed E-state index contributed by atoms with van der Waals surface area (Å²) in [4.78, 5) is 24.0. The average Bonchev–Trinajstić information content (AvgIpc) is 2.96. The van der Waals surface area contributed by atoms with Crippen LogP contribution >= 0.6 is 0 Å². The number of carbonyl (C=O) groups is 2. The molecule has 0 bridgehead atoms. The largest absolute Gasteiger partial charge is 0.491 e. The van der Waals surface area contributed by atoms with Crippen LogP contribution in [0.2, 0.25) is 0 Å². The van der Waals surface area contributed by atoms with Gasteiger partial charge in [-0.15, -0.1) is 0 Å². The van der Waals surface area contributed by atoms with Gasteiger partial charge in [0.15, 0.2) is 11.6 Å². The SMILES string of the molecule is Nc1cc(N)cc(C(=O)OCCCCOC(=O)C=Cc2ccc(OC(F)(F)c3ccc(OCCCC(F)(F)F)c(F)c3)cc2)c1. The maximum absolute atomic E-state index is 14.6. The summed E-state index contributed by atoms with van der Waals surface area (Å²) in [7, 11) is 0. The van der Waals surface area contributed by atoms with Crippen molar-refractivity contribution in [2.75, 3.05) is 31.3 Å². The first-order chi connectivity index (χ1) is 21.2. The lowest BCUT2D eigenvalue weighted by Crippen LogP contribution is -2.22. The lowest BCUT2D eigenvalue weighted by Gasteiger charge is -2.19. The highest BCUT2D eigenvalue weighted by atomic mass is 19.4. The van der Waals surface area contributed by atoms with Gasteiger partial charge < -0.3 is 30.4 Å². The molecule has 0 saturated carbocycles. The Balaban J connectivity index is 1.39. The third-order valence-corrected chi connectivity index (χ3v) is 5.90. The molecule has 14 heteroatoms. The molecule has 0 saturated heterocycles. The molecule has 3 rings (SSSR count). The van der Waals surface area contributed by atoms with Crippen LogP contribution in [0, 0.1) is 5.82 Å². The monoisotopic (exact) mass is 640 g/mol. The summed E-state index contributed by atoms with van der Waals surface area (Å²) in [5.74, 6) is -3.13. The summed E-state index contributed by atoms with van der Waals surface area (Å²) in [5, 5.41) is 0. The van der Waals surface area contributed by atoms with E-state index in [9.17, 15) is 35.9 Å². The molecule has 0 fully saturated rings. The highest BCUT2D eigenvalue weighted by molar-refractivity contribution is 5.91. The molecule has 0 unspecified atom stereocenters. The number of carbonyl (C=O) groups excluding carboxylic acids is 2. The lowest BCUT2D eigenvalue weighted by atomic mass is 10.2. The predicted octanol–water partition coefficient (Wildman–Crippen LogP) is 7.03. The number of unbranched alkanes of at least 4 members (excludes halogenated alkanes) is 1. The van der Waals surface area contributed by atoms with Gasteiger partial charge in [-0.3, -0.25) is 0 Å². The van der Waals surface area contributed by atoms with E-state index in [0.717, 1.165) is 18.2 Å². The first kappa shape index (κ1) is 34.6. The number of alkyl halides is 5. The van der Waals surface area contributed by atoms with Crippen molar-refractivity contribution in [2.45, 2.75) is 38.0 Å². The fraction of sp³-hybridized carbons (Fsp3) is 0.290. The molecule has 45 heavy (non-hydrogen) atoms. The molecule has 0 heterocycles. The van der Waals surface area contributed by atoms with Crippen LogP contribution in [0.5, 0.6) is 11.5 Å². The molecule has 8 nitrogen and oxygen atoms in total. The second kappa shape index (κ2) is 15.7. The van der Waals surface area contributed by atoms with Crippen LogP contribution in [0.3, 0.4) is 0 Å². The van der Waals surface area contributed by atoms with Gasteiger partial charge in [-0.05, 0) is 79.4 Å². The van der Waals surface area contributed by atoms with Gasteiger partial charge in [-0.1, -0.05) is 12.1 Å². The second-order valence-corrected chi connectivity index (χ2v) is 9.63. The van der Waals surface area contributed by atoms with Gasteiger partial charge in [-0.2, -0.15) is 22.0 Å². The van der Waals surface area contributed by atoms with E-state index in [1.807, 2.05) is 0 Å². The van der Waals surface area contributed by atoms with Crippen molar-refractivity contribution in [2.24, 2.45) is 0 Å². The van der Waals surface area contributed by atoms with Crippen molar-refractivity contribution in [3.8, 4) is 11.5 Å². The van der Waals surface area contributed by atoms with Crippen molar-refractivity contribution >= 4 is 29.4 Å². The molecule has 0 radical (unpaired) electrons. The number of benzene rings is 3. The summed E-state index contributed by atoms with van der Waals surface area (Å²) in [5.41, 5.74) is 11.8. The Hall–Kier alpha value is -4.88. The Bertz CT molecular complexity index is 1460. The average molecular weight is 641 g/mol. The van der Waals surface area contributed by atoms with Gasteiger partial charge in [0.2, 0.25) is 0 Å². The highest BCUT2D eigenvalue weighted by Gasteiger charge is 2.35. The van der Waals surface area contributed by atoms with Crippen LogP contribution in [-0.4, -0.2) is 37.9 Å². The summed E-state index contributed by atoms with van der Waals surface area (Å²) >= 11 is 0. The minimum Gasteiger partial charge on any atom is -0.491 e. The van der Waals surface area contributed by atoms with Crippen LogP contribution in [-0.2, 0) is 20.4 Å². The van der Waals surface area contributed by atoms with E-state index in [1.54, 1.807) is 0 Å². The molecule has 3 aromatic rings. The van der Waals surface area contributed by atoms with Crippen LogP contribution in [0.25, 0.3) is 6.08 Å². The fourth-order valence-corrected chi connectivity index (χ4v) is 3.74. The minimum atomic E-state index is -4.38. The summed E-state index contributed by atoms with van der Waals surface area (Å²) in [6.07, 6.45) is -6.47. The van der Waals surface area contributed by atoms with E-state index >= 15 is 0 Å². The molecule has 0 atom stereocenters. The van der Waals surface area contributed by atoms with Gasteiger partial charge in [0, 0.05) is 23.9 Å². The van der Waals surface area contributed by atoms with Crippen molar-refractivity contribution < 1.29 is 54.9 Å². The Morgan fingerprint density at radius 1 is 0.778 bits per heavy atom. The van der Waals surface area contributed by atoms with E-state index in [-0.39, 0.29) is 24.5 Å². The topological polar surface area (TPSA) is 123 Å². The van der Waals surface area contributed by atoms with Crippen molar-refractivity contribution in [3.63, 3.8) is 0 Å². The van der Waals surface area contributed by atoms with E-state index < -0.39 is 60.8 Å². The summed E-state index contributed by atoms with van der Waals surface area (Å²) in [6.45, 7) is -0.278. The van der Waals surface area contributed by atoms with Crippen LogP contribution in [0.1, 0.15) is 47.2 Å². The lowest BCUT2D eigenvalue weighted by molar-refractivity contribution is -0.185. The molecule has 0 aliphatic heterocycles. The number of rotatable bonds is 15. The number of esters is 2. The number of halogens is 6. The Morgan fingerprint density at radius 3 is 2.04 bits per heavy atom. The van der Waals surface area contributed by atoms with Crippen molar-refractivity contribution in [1.82, 2.24) is 0 Å². The highest BCUT2D eigenvalue weighted by Crippen LogP contribution is 2.34. The number of hydrogen-bond donors (Lipinski definition) is 2. The molecule has 242 valence electrons. The smallest absolute Gasteiger partial charge is 0.426 e. The zero-order valence-electron chi connectivity index (χ0n) is 23.7. The molecular weight excluding hydrogens is 610 g/mol. The van der Waals surface area contributed by atoms with Crippen molar-refractivity contribution in [1.29, 1.82) is 0 Å². The zero-order chi connectivity index (χ0) is 33.0. The van der Waals surface area contributed by atoms with Gasteiger partial charge in [-0.25, -0.2) is 14.0 Å². The fourth-order valence-electron chi connectivity index (χ4n) is 3.74. The van der Waals surface area contributed by atoms with Gasteiger partial charge in [0.05, 0.1) is 30.9 Å².